The highest BCUT2D eigenvalue weighted by Gasteiger charge is 2.31. The van der Waals surface area contributed by atoms with Gasteiger partial charge < -0.3 is 19.5 Å². The number of piperidine rings is 2. The van der Waals surface area contributed by atoms with Gasteiger partial charge in [-0.3, -0.25) is 14.3 Å². The molecule has 2 fully saturated rings. The molecule has 0 radical (unpaired) electrons. The van der Waals surface area contributed by atoms with Gasteiger partial charge in [0.1, 0.15) is 0 Å². The molecule has 5 rings (SSSR count). The Hall–Kier alpha value is -3.20. The first-order chi connectivity index (χ1) is 15.6. The average molecular weight is 437 g/mol. The maximum absolute atomic E-state index is 12.8. The number of amides is 1. The molecule has 1 amide bonds. The minimum atomic E-state index is -0.0905. The summed E-state index contributed by atoms with van der Waals surface area (Å²) in [5.41, 5.74) is 2.20. The Bertz CT molecular complexity index is 1160. The number of imidazole rings is 1. The Labute approximate surface area is 186 Å². The highest BCUT2D eigenvalue weighted by molar-refractivity contribution is 5.92. The molecule has 168 valence electrons. The van der Waals surface area contributed by atoms with E-state index in [9.17, 15) is 9.59 Å². The maximum atomic E-state index is 12.8. The van der Waals surface area contributed by atoms with Gasteiger partial charge in [0.25, 0.3) is 5.91 Å². The zero-order valence-corrected chi connectivity index (χ0v) is 18.2. The number of carbonyl (C=O) groups excluding carboxylic acids is 1. The fourth-order valence-electron chi connectivity index (χ4n) is 5.09. The first-order valence-electron chi connectivity index (χ1n) is 11.2. The van der Waals surface area contributed by atoms with E-state index < -0.39 is 0 Å². The highest BCUT2D eigenvalue weighted by Crippen LogP contribution is 2.28. The summed E-state index contributed by atoms with van der Waals surface area (Å²) >= 11 is 0. The number of aromatic nitrogens is 4. The molecule has 2 aromatic heterocycles. The van der Waals surface area contributed by atoms with E-state index in [1.165, 1.54) is 19.5 Å². The van der Waals surface area contributed by atoms with Crippen molar-refractivity contribution < 1.29 is 9.53 Å². The third kappa shape index (κ3) is 3.88. The second-order valence-electron chi connectivity index (χ2n) is 8.55. The van der Waals surface area contributed by atoms with Crippen LogP contribution >= 0.6 is 0 Å². The largest absolute Gasteiger partial charge is 0.480 e. The predicted octanol–water partition coefficient (Wildman–Crippen LogP) is 2.07. The normalized spacial score (nSPS) is 18.8. The fraction of sp³-hybridized carbons (Fsp3) is 0.478. The number of ether oxygens (including phenoxy) is 1. The molecular formula is C23H28N6O3. The maximum Gasteiger partial charge on any atom is 0.326 e. The van der Waals surface area contributed by atoms with E-state index in [0.29, 0.717) is 30.7 Å². The number of hydrogen-bond donors (Lipinski definition) is 1. The number of aromatic amines is 1. The third-order valence-electron chi connectivity index (χ3n) is 6.80. The van der Waals surface area contributed by atoms with Gasteiger partial charge in [-0.15, -0.1) is 0 Å². The molecule has 0 spiro atoms. The molecule has 0 bridgehead atoms. The Morgan fingerprint density at radius 1 is 1.03 bits per heavy atom. The van der Waals surface area contributed by atoms with Crippen LogP contribution in [0.4, 0.5) is 0 Å². The average Bonchev–Trinajstić information content (AvgIpc) is 3.19. The smallest absolute Gasteiger partial charge is 0.326 e. The van der Waals surface area contributed by atoms with Crippen LogP contribution in [0, 0.1) is 0 Å². The number of rotatable bonds is 4. The monoisotopic (exact) mass is 436 g/mol. The van der Waals surface area contributed by atoms with E-state index in [-0.39, 0.29) is 17.6 Å². The summed E-state index contributed by atoms with van der Waals surface area (Å²) < 4.78 is 7.01. The molecule has 32 heavy (non-hydrogen) atoms. The predicted molar refractivity (Wildman–Crippen MR) is 120 cm³/mol. The van der Waals surface area contributed by atoms with Crippen molar-refractivity contribution in [2.45, 2.75) is 37.8 Å². The highest BCUT2D eigenvalue weighted by atomic mass is 16.5. The molecule has 0 atom stereocenters. The van der Waals surface area contributed by atoms with Crippen molar-refractivity contribution in [3.63, 3.8) is 0 Å². The number of nitrogens with zero attached hydrogens (tertiary/aromatic N) is 5. The molecule has 2 aliphatic rings. The quantitative estimate of drug-likeness (QED) is 0.673. The molecule has 4 heterocycles. The van der Waals surface area contributed by atoms with Gasteiger partial charge in [0.05, 0.1) is 30.5 Å². The van der Waals surface area contributed by atoms with Gasteiger partial charge in [0, 0.05) is 38.3 Å². The van der Waals surface area contributed by atoms with Crippen LogP contribution in [-0.4, -0.2) is 74.6 Å². The van der Waals surface area contributed by atoms with Crippen LogP contribution in [0.2, 0.25) is 0 Å². The first kappa shape index (κ1) is 20.7. The van der Waals surface area contributed by atoms with Crippen LogP contribution in [0.5, 0.6) is 5.88 Å². The summed E-state index contributed by atoms with van der Waals surface area (Å²) in [7, 11) is 1.52. The number of hydrogen-bond acceptors (Lipinski definition) is 6. The Kier molecular flexibility index (Phi) is 5.65. The van der Waals surface area contributed by atoms with Crippen molar-refractivity contribution in [2.75, 3.05) is 33.3 Å². The standard InChI is InChI=1S/C23H28N6O3/c1-32-21-15-24-14-19(25-21)22(30)28-12-6-16(7-13-28)27-10-8-17(9-11-27)29-20-5-3-2-4-18(20)26-23(29)31/h2-5,14-17H,6-13H2,1H3,(H,26,31). The lowest BCUT2D eigenvalue weighted by Crippen LogP contribution is -2.49. The first-order valence-corrected chi connectivity index (χ1v) is 11.2. The summed E-state index contributed by atoms with van der Waals surface area (Å²) in [5.74, 6) is 0.259. The van der Waals surface area contributed by atoms with Crippen molar-refractivity contribution in [1.82, 2.24) is 29.3 Å². The molecule has 0 saturated carbocycles. The van der Waals surface area contributed by atoms with Crippen LogP contribution in [0.3, 0.4) is 0 Å². The van der Waals surface area contributed by atoms with Crippen LogP contribution in [0.15, 0.2) is 41.5 Å². The summed E-state index contributed by atoms with van der Waals surface area (Å²) in [6.07, 6.45) is 6.80. The minimum absolute atomic E-state index is 0.0166. The zero-order valence-electron chi connectivity index (χ0n) is 18.2. The van der Waals surface area contributed by atoms with Gasteiger partial charge in [-0.1, -0.05) is 12.1 Å². The minimum Gasteiger partial charge on any atom is -0.480 e. The molecule has 1 aromatic carbocycles. The number of nitrogens with one attached hydrogen (secondary N) is 1. The lowest BCUT2D eigenvalue weighted by Gasteiger charge is -2.41. The van der Waals surface area contributed by atoms with E-state index >= 15 is 0 Å². The summed E-state index contributed by atoms with van der Waals surface area (Å²) in [6, 6.07) is 8.59. The second kappa shape index (κ2) is 8.74. The number of methoxy groups -OCH3 is 1. The van der Waals surface area contributed by atoms with Crippen molar-refractivity contribution in [3.8, 4) is 5.88 Å². The van der Waals surface area contributed by atoms with Gasteiger partial charge >= 0.3 is 5.69 Å². The zero-order chi connectivity index (χ0) is 22.1. The van der Waals surface area contributed by atoms with Gasteiger partial charge in [0.15, 0.2) is 5.69 Å². The van der Waals surface area contributed by atoms with Gasteiger partial charge in [-0.2, -0.15) is 0 Å². The summed E-state index contributed by atoms with van der Waals surface area (Å²) in [5, 5.41) is 0. The summed E-state index contributed by atoms with van der Waals surface area (Å²) in [6.45, 7) is 3.36. The number of carbonyl (C=O) groups is 1. The van der Waals surface area contributed by atoms with E-state index in [1.807, 2.05) is 33.7 Å². The summed E-state index contributed by atoms with van der Waals surface area (Å²) in [4.78, 5) is 40.9. The van der Waals surface area contributed by atoms with Crippen molar-refractivity contribution >= 4 is 16.9 Å². The van der Waals surface area contributed by atoms with Crippen molar-refractivity contribution in [1.29, 1.82) is 0 Å². The van der Waals surface area contributed by atoms with Crippen LogP contribution < -0.4 is 10.4 Å². The van der Waals surface area contributed by atoms with Gasteiger partial charge in [-0.25, -0.2) is 9.78 Å². The molecule has 9 heteroatoms. The fourth-order valence-corrected chi connectivity index (χ4v) is 5.09. The Morgan fingerprint density at radius 2 is 1.75 bits per heavy atom. The molecule has 2 aliphatic heterocycles. The molecule has 9 nitrogen and oxygen atoms in total. The van der Waals surface area contributed by atoms with E-state index in [0.717, 1.165) is 49.8 Å². The van der Waals surface area contributed by atoms with Crippen LogP contribution in [0.1, 0.15) is 42.2 Å². The number of para-hydroxylation sites is 2. The van der Waals surface area contributed by atoms with Crippen LogP contribution in [-0.2, 0) is 0 Å². The Morgan fingerprint density at radius 3 is 2.50 bits per heavy atom. The lowest BCUT2D eigenvalue weighted by atomic mass is 9.97. The number of H-pyrrole nitrogens is 1. The van der Waals surface area contributed by atoms with Crippen molar-refractivity contribution in [2.24, 2.45) is 0 Å². The molecule has 0 aliphatic carbocycles. The second-order valence-corrected chi connectivity index (χ2v) is 8.55. The molecule has 2 saturated heterocycles. The van der Waals surface area contributed by atoms with Crippen molar-refractivity contribution in [3.05, 3.63) is 52.8 Å². The van der Waals surface area contributed by atoms with Gasteiger partial charge in [-0.05, 0) is 37.8 Å². The SMILES string of the molecule is COc1cncc(C(=O)N2CCC(N3CCC(n4c(=O)[nH]c5ccccc54)CC3)CC2)n1. The number of fused-ring (bicyclic) bond motifs is 1. The van der Waals surface area contributed by atoms with E-state index in [2.05, 4.69) is 19.9 Å². The van der Waals surface area contributed by atoms with Crippen LogP contribution in [0.25, 0.3) is 11.0 Å². The topological polar surface area (TPSA) is 96.4 Å². The molecule has 0 unspecified atom stereocenters. The Balaban J connectivity index is 1.17. The van der Waals surface area contributed by atoms with Gasteiger partial charge in [0.2, 0.25) is 5.88 Å². The third-order valence-corrected chi connectivity index (χ3v) is 6.80. The lowest BCUT2D eigenvalue weighted by molar-refractivity contribution is 0.0552. The number of benzene rings is 1. The number of likely N-dealkylation sites (tertiary alicyclic amines) is 2. The molecule has 3 aromatic rings. The van der Waals surface area contributed by atoms with E-state index in [1.54, 1.807) is 0 Å². The van der Waals surface area contributed by atoms with E-state index in [4.69, 9.17) is 4.74 Å². The molecular weight excluding hydrogens is 408 g/mol. The molecule has 1 N–H and O–H groups in total.